The van der Waals surface area contributed by atoms with Gasteiger partial charge in [-0.2, -0.15) is 0 Å². The van der Waals surface area contributed by atoms with Crippen molar-refractivity contribution in [3.63, 3.8) is 0 Å². The predicted octanol–water partition coefficient (Wildman–Crippen LogP) is 4.43. The van der Waals surface area contributed by atoms with Crippen molar-refractivity contribution >= 4 is 46.5 Å². The van der Waals surface area contributed by atoms with Gasteiger partial charge >= 0.3 is 0 Å². The average Bonchev–Trinajstić information content (AvgIpc) is 3.19. The first-order valence-electron chi connectivity index (χ1n) is 11.7. The van der Waals surface area contributed by atoms with Crippen LogP contribution < -0.4 is 24.4 Å². The van der Waals surface area contributed by atoms with E-state index in [1.165, 1.54) is 11.3 Å². The van der Waals surface area contributed by atoms with Gasteiger partial charge in [-0.15, -0.1) is 0 Å². The van der Waals surface area contributed by atoms with Crippen LogP contribution >= 0.6 is 34.5 Å². The molecule has 7 nitrogen and oxygen atoms in total. The first-order chi connectivity index (χ1) is 17.7. The maximum atomic E-state index is 13.9. The molecule has 1 amide bonds. The van der Waals surface area contributed by atoms with Crippen LogP contribution in [0.25, 0.3) is 6.08 Å². The Balaban J connectivity index is 2.04. The number of likely N-dealkylation sites (N-methyl/N-ethyl adjacent to an activating group) is 1. The van der Waals surface area contributed by atoms with E-state index >= 15 is 0 Å². The molecule has 2 heterocycles. The summed E-state index contributed by atoms with van der Waals surface area (Å²) in [5.74, 6) is 0.923. The Morgan fingerprint density at radius 1 is 1.14 bits per heavy atom. The number of ether oxygens (including phenoxy) is 2. The Labute approximate surface area is 228 Å². The van der Waals surface area contributed by atoms with E-state index in [4.69, 9.17) is 37.7 Å². The summed E-state index contributed by atoms with van der Waals surface area (Å²) in [5.41, 5.74) is 1.95. The van der Waals surface area contributed by atoms with Crippen molar-refractivity contribution in [2.75, 3.05) is 27.3 Å². The smallest absolute Gasteiger partial charge is 0.271 e. The molecule has 4 rings (SSSR count). The summed E-state index contributed by atoms with van der Waals surface area (Å²) >= 11 is 13.7. The lowest BCUT2D eigenvalue weighted by atomic mass is 9.93. The summed E-state index contributed by atoms with van der Waals surface area (Å²) in [6, 6.07) is 9.67. The summed E-state index contributed by atoms with van der Waals surface area (Å²) < 4.78 is 13.1. The van der Waals surface area contributed by atoms with E-state index in [-0.39, 0.29) is 11.5 Å². The fourth-order valence-corrected chi connectivity index (χ4v) is 5.88. The molecule has 1 aromatic heterocycles. The molecule has 0 fully saturated rings. The van der Waals surface area contributed by atoms with Crippen molar-refractivity contribution in [1.82, 2.24) is 9.47 Å². The molecule has 0 saturated heterocycles. The van der Waals surface area contributed by atoms with Crippen LogP contribution in [0.4, 0.5) is 0 Å². The van der Waals surface area contributed by atoms with Gasteiger partial charge in [-0.1, -0.05) is 40.6 Å². The Kier molecular flexibility index (Phi) is 8.11. The van der Waals surface area contributed by atoms with Gasteiger partial charge in [-0.25, -0.2) is 4.99 Å². The van der Waals surface area contributed by atoms with E-state index in [0.29, 0.717) is 66.4 Å². The lowest BCUT2D eigenvalue weighted by Gasteiger charge is -2.30. The molecule has 0 spiro atoms. The van der Waals surface area contributed by atoms with Crippen LogP contribution in [-0.4, -0.2) is 42.7 Å². The number of thiazole rings is 1. The third-order valence-electron chi connectivity index (χ3n) is 6.28. The maximum absolute atomic E-state index is 13.9. The van der Waals surface area contributed by atoms with Crippen molar-refractivity contribution in [2.24, 2.45) is 4.99 Å². The number of nitrogens with zero attached hydrogens (tertiary/aromatic N) is 3. The number of methoxy groups -OCH3 is 2. The van der Waals surface area contributed by atoms with Gasteiger partial charge in [-0.3, -0.25) is 14.2 Å². The minimum absolute atomic E-state index is 0.184. The summed E-state index contributed by atoms with van der Waals surface area (Å²) in [5, 5.41) is 0.932. The number of hydrogen-bond acceptors (Lipinski definition) is 6. The highest BCUT2D eigenvalue weighted by molar-refractivity contribution is 7.07. The molecule has 37 heavy (non-hydrogen) atoms. The SMILES string of the molecule is CCN(CC)C(=O)C1=C(C)N=c2s/c(=C/c3ccc(Cl)cc3Cl)c(=O)n2[C@@H]1c1cc(OC)ccc1OC. The first kappa shape index (κ1) is 27.0. The second-order valence-electron chi connectivity index (χ2n) is 8.33. The van der Waals surface area contributed by atoms with Crippen molar-refractivity contribution in [2.45, 2.75) is 26.8 Å². The Morgan fingerprint density at radius 2 is 1.86 bits per heavy atom. The second kappa shape index (κ2) is 11.1. The van der Waals surface area contributed by atoms with Crippen LogP contribution in [0.2, 0.25) is 10.0 Å². The third kappa shape index (κ3) is 5.06. The summed E-state index contributed by atoms with van der Waals surface area (Å²) in [4.78, 5) is 34.6. The predicted molar refractivity (Wildman–Crippen MR) is 148 cm³/mol. The second-order valence-corrected chi connectivity index (χ2v) is 10.2. The number of rotatable bonds is 7. The van der Waals surface area contributed by atoms with Crippen molar-refractivity contribution < 1.29 is 14.3 Å². The van der Waals surface area contributed by atoms with E-state index in [1.54, 1.807) is 73.1 Å². The minimum atomic E-state index is -0.766. The third-order valence-corrected chi connectivity index (χ3v) is 7.83. The van der Waals surface area contributed by atoms with Gasteiger partial charge < -0.3 is 14.4 Å². The van der Waals surface area contributed by atoms with Crippen LogP contribution in [0, 0.1) is 0 Å². The van der Waals surface area contributed by atoms with Gasteiger partial charge in [0.2, 0.25) is 0 Å². The molecule has 0 unspecified atom stereocenters. The van der Waals surface area contributed by atoms with E-state index in [2.05, 4.69) is 0 Å². The molecular weight excluding hydrogens is 533 g/mol. The molecule has 0 N–H and O–H groups in total. The summed E-state index contributed by atoms with van der Waals surface area (Å²) in [6.45, 7) is 6.68. The molecule has 3 aromatic rings. The van der Waals surface area contributed by atoms with Gasteiger partial charge in [-0.05, 0) is 62.7 Å². The molecule has 0 aliphatic carbocycles. The topological polar surface area (TPSA) is 73.1 Å². The van der Waals surface area contributed by atoms with Crippen LogP contribution in [0.5, 0.6) is 11.5 Å². The fraction of sp³-hybridized carbons (Fsp3) is 0.296. The van der Waals surface area contributed by atoms with Gasteiger partial charge in [0, 0.05) is 28.7 Å². The number of hydrogen-bond donors (Lipinski definition) is 0. The molecule has 10 heteroatoms. The zero-order valence-corrected chi connectivity index (χ0v) is 23.5. The molecule has 1 atom stereocenters. The highest BCUT2D eigenvalue weighted by Crippen LogP contribution is 2.38. The molecule has 1 aliphatic rings. The highest BCUT2D eigenvalue weighted by Gasteiger charge is 2.36. The monoisotopic (exact) mass is 559 g/mol. The molecule has 194 valence electrons. The van der Waals surface area contributed by atoms with Crippen molar-refractivity contribution in [3.05, 3.63) is 88.5 Å². The lowest BCUT2D eigenvalue weighted by Crippen LogP contribution is -2.43. The largest absolute Gasteiger partial charge is 0.497 e. The average molecular weight is 561 g/mol. The number of carbonyl (C=O) groups excluding carboxylic acids is 1. The molecule has 2 aromatic carbocycles. The van der Waals surface area contributed by atoms with Crippen LogP contribution in [0.3, 0.4) is 0 Å². The zero-order valence-electron chi connectivity index (χ0n) is 21.2. The van der Waals surface area contributed by atoms with Gasteiger partial charge in [0.25, 0.3) is 11.5 Å². The van der Waals surface area contributed by atoms with Crippen LogP contribution in [0.15, 0.2) is 57.5 Å². The maximum Gasteiger partial charge on any atom is 0.271 e. The van der Waals surface area contributed by atoms with E-state index < -0.39 is 6.04 Å². The van der Waals surface area contributed by atoms with E-state index in [1.807, 2.05) is 13.8 Å². The fourth-order valence-electron chi connectivity index (χ4n) is 4.38. The van der Waals surface area contributed by atoms with Gasteiger partial charge in [0.05, 0.1) is 30.0 Å². The first-order valence-corrected chi connectivity index (χ1v) is 13.3. The normalized spacial score (nSPS) is 15.3. The van der Waals surface area contributed by atoms with Crippen LogP contribution in [-0.2, 0) is 4.79 Å². The number of fused-ring (bicyclic) bond motifs is 1. The molecular formula is C27H27Cl2N3O4S. The standard InChI is InChI=1S/C27H27Cl2N3O4S/c1-6-31(7-2)26(34)23-15(3)30-27-32(24(23)19-14-18(35-4)10-11-21(19)36-5)25(33)22(37-27)12-16-8-9-17(28)13-20(16)29/h8-14,24H,6-7H2,1-5H3/b22-12+/t24-/m1/s1. The Hall–Kier alpha value is -3.07. The van der Waals surface area contributed by atoms with E-state index in [0.717, 1.165) is 0 Å². The molecule has 1 aliphatic heterocycles. The lowest BCUT2D eigenvalue weighted by molar-refractivity contribution is -0.127. The molecule has 0 saturated carbocycles. The van der Waals surface area contributed by atoms with Gasteiger partial charge in [0.15, 0.2) is 4.80 Å². The number of carbonyl (C=O) groups is 1. The van der Waals surface area contributed by atoms with Crippen LogP contribution in [0.1, 0.15) is 37.9 Å². The number of aromatic nitrogens is 1. The van der Waals surface area contributed by atoms with Crippen molar-refractivity contribution in [1.29, 1.82) is 0 Å². The number of allylic oxidation sites excluding steroid dienone is 1. The van der Waals surface area contributed by atoms with Gasteiger partial charge in [0.1, 0.15) is 17.5 Å². The minimum Gasteiger partial charge on any atom is -0.497 e. The molecule has 0 bridgehead atoms. The number of halogens is 2. The zero-order chi connectivity index (χ0) is 26.9. The Morgan fingerprint density at radius 3 is 2.49 bits per heavy atom. The van der Waals surface area contributed by atoms with E-state index in [9.17, 15) is 9.59 Å². The summed E-state index contributed by atoms with van der Waals surface area (Å²) in [7, 11) is 3.12. The quantitative estimate of drug-likeness (QED) is 0.429. The molecule has 0 radical (unpaired) electrons. The summed E-state index contributed by atoms with van der Waals surface area (Å²) in [6.07, 6.45) is 1.72. The Bertz CT molecular complexity index is 1570. The van der Waals surface area contributed by atoms with Crippen molar-refractivity contribution in [3.8, 4) is 11.5 Å². The number of amides is 1. The number of benzene rings is 2. The highest BCUT2D eigenvalue weighted by atomic mass is 35.5.